The van der Waals surface area contributed by atoms with E-state index < -0.39 is 11.5 Å². The number of halogens is 4. The molecule has 7 heteroatoms. The van der Waals surface area contributed by atoms with E-state index in [-0.39, 0.29) is 28.3 Å². The van der Waals surface area contributed by atoms with Crippen molar-refractivity contribution in [1.82, 2.24) is 0 Å². The minimum absolute atomic E-state index is 0.0399. The van der Waals surface area contributed by atoms with Crippen molar-refractivity contribution in [2.24, 2.45) is 11.7 Å². The average Bonchev–Trinajstić information content (AvgIpc) is 2.39. The molecule has 0 aliphatic carbocycles. The lowest BCUT2D eigenvalue weighted by molar-refractivity contribution is -0.143. The third-order valence-electron chi connectivity index (χ3n) is 3.71. The van der Waals surface area contributed by atoms with Crippen LogP contribution in [-0.4, -0.2) is 16.6 Å². The van der Waals surface area contributed by atoms with E-state index in [1.54, 1.807) is 6.07 Å². The van der Waals surface area contributed by atoms with Crippen molar-refractivity contribution < 1.29 is 9.90 Å². The molecule has 3 unspecified atom stereocenters. The monoisotopic (exact) mass is 371 g/mol. The molecule has 0 aromatic heterocycles. The fraction of sp³-hybridized carbons (Fsp3) is 0.500. The van der Waals surface area contributed by atoms with Crippen molar-refractivity contribution in [2.45, 2.75) is 38.6 Å². The molecule has 1 aromatic rings. The molecule has 0 aliphatic rings. The van der Waals surface area contributed by atoms with Gasteiger partial charge in [-0.1, -0.05) is 60.3 Å². The highest BCUT2D eigenvalue weighted by Crippen LogP contribution is 2.43. The van der Waals surface area contributed by atoms with Crippen molar-refractivity contribution >= 4 is 52.4 Å². The van der Waals surface area contributed by atoms with Crippen molar-refractivity contribution in [3.05, 3.63) is 31.7 Å². The first-order chi connectivity index (χ1) is 9.49. The van der Waals surface area contributed by atoms with Gasteiger partial charge in [-0.05, 0) is 36.8 Å². The van der Waals surface area contributed by atoms with Crippen LogP contribution >= 0.6 is 46.4 Å². The Morgan fingerprint density at radius 1 is 1.24 bits per heavy atom. The van der Waals surface area contributed by atoms with Gasteiger partial charge < -0.3 is 10.8 Å². The van der Waals surface area contributed by atoms with Crippen LogP contribution in [0.2, 0.25) is 20.1 Å². The first-order valence-corrected chi connectivity index (χ1v) is 7.85. The molecule has 0 spiro atoms. The highest BCUT2D eigenvalue weighted by molar-refractivity contribution is 6.52. The van der Waals surface area contributed by atoms with Gasteiger partial charge in [-0.3, -0.25) is 4.79 Å². The van der Waals surface area contributed by atoms with E-state index >= 15 is 0 Å². The zero-order valence-corrected chi connectivity index (χ0v) is 14.9. The van der Waals surface area contributed by atoms with Gasteiger partial charge in [-0.25, -0.2) is 0 Å². The topological polar surface area (TPSA) is 63.3 Å². The van der Waals surface area contributed by atoms with Gasteiger partial charge in [0.2, 0.25) is 0 Å². The van der Waals surface area contributed by atoms with Crippen LogP contribution in [0, 0.1) is 5.92 Å². The molecule has 3 atom stereocenters. The average molecular weight is 373 g/mol. The van der Waals surface area contributed by atoms with Gasteiger partial charge >= 0.3 is 5.97 Å². The number of carboxylic acid groups (broad SMARTS) is 1. The predicted molar refractivity (Wildman–Crippen MR) is 88.9 cm³/mol. The molecule has 0 aliphatic heterocycles. The minimum Gasteiger partial charge on any atom is -0.480 e. The Balaban J connectivity index is 3.09. The molecule has 0 saturated heterocycles. The second-order valence-electron chi connectivity index (χ2n) is 5.58. The van der Waals surface area contributed by atoms with Gasteiger partial charge in [0.25, 0.3) is 0 Å². The van der Waals surface area contributed by atoms with Crippen LogP contribution in [0.3, 0.4) is 0 Å². The van der Waals surface area contributed by atoms with E-state index in [2.05, 4.69) is 0 Å². The molecule has 21 heavy (non-hydrogen) atoms. The number of hydrogen-bond acceptors (Lipinski definition) is 2. The smallest absolute Gasteiger partial charge is 0.323 e. The Morgan fingerprint density at radius 2 is 1.76 bits per heavy atom. The number of hydrogen-bond donors (Lipinski definition) is 2. The number of nitrogens with two attached hydrogens (primary N) is 1. The van der Waals surface area contributed by atoms with Gasteiger partial charge in [0.1, 0.15) is 5.54 Å². The minimum atomic E-state index is -1.31. The first kappa shape index (κ1) is 18.9. The number of aliphatic carboxylic acids is 1. The Bertz CT molecular complexity index is 560. The summed E-state index contributed by atoms with van der Waals surface area (Å²) in [6.45, 7) is 5.32. The summed E-state index contributed by atoms with van der Waals surface area (Å²) in [6.07, 6.45) is 0.289. The van der Waals surface area contributed by atoms with Gasteiger partial charge in [0.15, 0.2) is 0 Å². The number of rotatable bonds is 5. The molecule has 1 aromatic carbocycles. The molecule has 1 rings (SSSR count). The van der Waals surface area contributed by atoms with Gasteiger partial charge in [-0.15, -0.1) is 0 Å². The lowest BCUT2D eigenvalue weighted by atomic mass is 9.80. The van der Waals surface area contributed by atoms with E-state index in [9.17, 15) is 4.79 Å². The number of benzene rings is 1. The molecule has 3 N–H and O–H groups in total. The van der Waals surface area contributed by atoms with Crippen molar-refractivity contribution in [1.29, 1.82) is 0 Å². The third kappa shape index (κ3) is 4.17. The molecule has 0 bridgehead atoms. The Morgan fingerprint density at radius 3 is 2.24 bits per heavy atom. The summed E-state index contributed by atoms with van der Waals surface area (Å²) in [4.78, 5) is 11.1. The highest BCUT2D eigenvalue weighted by atomic mass is 35.5. The summed E-state index contributed by atoms with van der Waals surface area (Å²) in [5.41, 5.74) is 5.21. The maximum Gasteiger partial charge on any atom is 0.323 e. The predicted octanol–water partition coefficient (Wildman–Crippen LogP) is 5.23. The maximum absolute atomic E-state index is 11.1. The lowest BCUT2D eigenvalue weighted by Crippen LogP contribution is -2.46. The molecule has 0 fully saturated rings. The van der Waals surface area contributed by atoms with E-state index in [1.165, 1.54) is 6.92 Å². The number of carboxylic acids is 1. The molecular formula is C14H17Cl4NO2. The summed E-state index contributed by atoms with van der Waals surface area (Å²) < 4.78 is 0. The number of carbonyl (C=O) groups is 1. The van der Waals surface area contributed by atoms with Gasteiger partial charge in [0, 0.05) is 0 Å². The highest BCUT2D eigenvalue weighted by Gasteiger charge is 2.32. The van der Waals surface area contributed by atoms with Crippen molar-refractivity contribution in [3.8, 4) is 0 Å². The molecule has 0 heterocycles. The first-order valence-electron chi connectivity index (χ1n) is 6.34. The summed E-state index contributed by atoms with van der Waals surface area (Å²) >= 11 is 24.2. The molecular weight excluding hydrogens is 356 g/mol. The van der Waals surface area contributed by atoms with E-state index in [0.29, 0.717) is 10.0 Å². The van der Waals surface area contributed by atoms with Crippen LogP contribution in [-0.2, 0) is 4.79 Å². The summed E-state index contributed by atoms with van der Waals surface area (Å²) in [6, 6.07) is 1.66. The molecule has 0 saturated carbocycles. The quantitative estimate of drug-likeness (QED) is 0.549. The second kappa shape index (κ2) is 6.93. The van der Waals surface area contributed by atoms with E-state index in [1.807, 2.05) is 13.8 Å². The Kier molecular flexibility index (Phi) is 6.22. The normalized spacial score (nSPS) is 17.1. The molecule has 3 nitrogen and oxygen atoms in total. The lowest BCUT2D eigenvalue weighted by Gasteiger charge is -2.28. The summed E-state index contributed by atoms with van der Waals surface area (Å²) in [5.74, 6) is -1.16. The molecule has 118 valence electrons. The zero-order chi connectivity index (χ0) is 16.5. The zero-order valence-electron chi connectivity index (χ0n) is 11.9. The van der Waals surface area contributed by atoms with Crippen LogP contribution in [0.1, 0.15) is 38.7 Å². The fourth-order valence-electron chi connectivity index (χ4n) is 2.16. The summed E-state index contributed by atoms with van der Waals surface area (Å²) in [5, 5.41) is 10.2. The third-order valence-corrected chi connectivity index (χ3v) is 5.48. The van der Waals surface area contributed by atoms with Crippen LogP contribution in [0.25, 0.3) is 0 Å². The molecule has 0 radical (unpaired) electrons. The van der Waals surface area contributed by atoms with Crippen LogP contribution < -0.4 is 5.73 Å². The van der Waals surface area contributed by atoms with Gasteiger partial charge in [-0.2, -0.15) is 0 Å². The SMILES string of the molecule is CC(CC(C)(N)C(=O)O)C(C)c1cc(Cl)c(Cl)c(Cl)c1Cl. The standard InChI is InChI=1S/C14H17Cl4NO2/c1-6(5-14(3,19)13(20)21)7(2)8-4-9(15)11(17)12(18)10(8)16/h4,6-7H,5,19H2,1-3H3,(H,20,21). The van der Waals surface area contributed by atoms with E-state index in [0.717, 1.165) is 5.56 Å². The van der Waals surface area contributed by atoms with E-state index in [4.69, 9.17) is 57.2 Å². The van der Waals surface area contributed by atoms with Crippen LogP contribution in [0.5, 0.6) is 0 Å². The van der Waals surface area contributed by atoms with Crippen LogP contribution in [0.15, 0.2) is 6.07 Å². The maximum atomic E-state index is 11.1. The Hall–Kier alpha value is -0.190. The summed E-state index contributed by atoms with van der Waals surface area (Å²) in [7, 11) is 0. The second-order valence-corrected chi connectivity index (χ2v) is 7.12. The van der Waals surface area contributed by atoms with Crippen LogP contribution in [0.4, 0.5) is 0 Å². The fourth-order valence-corrected chi connectivity index (χ4v) is 3.15. The largest absolute Gasteiger partial charge is 0.480 e. The molecule has 0 amide bonds. The van der Waals surface area contributed by atoms with Gasteiger partial charge in [0.05, 0.1) is 20.1 Å². The Labute approximate surface area is 144 Å². The van der Waals surface area contributed by atoms with Crippen molar-refractivity contribution in [2.75, 3.05) is 0 Å². The van der Waals surface area contributed by atoms with Crippen molar-refractivity contribution in [3.63, 3.8) is 0 Å².